The second-order valence-corrected chi connectivity index (χ2v) is 8.18. The van der Waals surface area contributed by atoms with Crippen molar-refractivity contribution in [2.75, 3.05) is 5.32 Å². The second-order valence-electron chi connectivity index (χ2n) is 6.98. The van der Waals surface area contributed by atoms with Gasteiger partial charge in [-0.2, -0.15) is 4.98 Å². The Labute approximate surface area is 185 Å². The lowest BCUT2D eigenvalue weighted by Crippen LogP contribution is -2.37. The van der Waals surface area contributed by atoms with Crippen LogP contribution < -0.4 is 16.6 Å². The number of nitrogens with one attached hydrogen (secondary N) is 1. The quantitative estimate of drug-likeness (QED) is 0.462. The van der Waals surface area contributed by atoms with Crippen LogP contribution in [0.2, 0.25) is 5.28 Å². The number of fused-ring (bicyclic) bond motifs is 1. The van der Waals surface area contributed by atoms with Crippen LogP contribution in [0.25, 0.3) is 22.4 Å². The molecule has 1 aromatic carbocycles. The molecule has 0 aliphatic rings. The zero-order chi connectivity index (χ0) is 22.3. The van der Waals surface area contributed by atoms with Crippen LogP contribution in [0.15, 0.2) is 39.2 Å². The van der Waals surface area contributed by atoms with Crippen molar-refractivity contribution in [1.82, 2.24) is 23.7 Å². The van der Waals surface area contributed by atoms with Gasteiger partial charge in [0.2, 0.25) is 11.2 Å². The zero-order valence-electron chi connectivity index (χ0n) is 17.0. The molecule has 11 heteroatoms. The summed E-state index contributed by atoms with van der Waals surface area (Å²) in [6.07, 6.45) is 0.960. The van der Waals surface area contributed by atoms with Gasteiger partial charge in [-0.3, -0.25) is 23.3 Å². The van der Waals surface area contributed by atoms with Gasteiger partial charge in [0, 0.05) is 25.0 Å². The normalized spacial score (nSPS) is 11.2. The van der Waals surface area contributed by atoms with Crippen LogP contribution in [0.4, 0.5) is 5.13 Å². The number of halogens is 1. The number of hydrogen-bond donors (Lipinski definition) is 1. The van der Waals surface area contributed by atoms with E-state index >= 15 is 0 Å². The fourth-order valence-electron chi connectivity index (χ4n) is 3.24. The largest absolute Gasteiger partial charge is 0.332 e. The third-order valence-electron chi connectivity index (χ3n) is 5.01. The predicted octanol–water partition coefficient (Wildman–Crippen LogP) is 2.41. The highest BCUT2D eigenvalue weighted by atomic mass is 35.5. The first-order valence-electron chi connectivity index (χ1n) is 9.46. The Hall–Kier alpha value is -3.24. The average molecular weight is 459 g/mol. The molecule has 31 heavy (non-hydrogen) atoms. The van der Waals surface area contributed by atoms with Crippen molar-refractivity contribution in [2.45, 2.75) is 19.9 Å². The van der Waals surface area contributed by atoms with E-state index in [-0.39, 0.29) is 23.0 Å². The number of aromatic nitrogens is 5. The molecule has 0 saturated heterocycles. The topological polar surface area (TPSA) is 104 Å². The molecule has 0 fully saturated rings. The number of thiazole rings is 1. The molecule has 4 aromatic rings. The standard InChI is InChI=1S/C20H19ClN6O3S/c1-4-11-5-7-12(8-6-11)13-10-31-19(22-13)23-14(28)9-27-15-16(24-18(27)21)25(2)20(30)26(3)17(15)29/h5-8,10H,4,9H2,1-3H3,(H,22,23,28). The molecule has 0 atom stereocenters. The summed E-state index contributed by atoms with van der Waals surface area (Å²) in [7, 11) is 2.85. The highest BCUT2D eigenvalue weighted by Crippen LogP contribution is 2.25. The van der Waals surface area contributed by atoms with Gasteiger partial charge in [0.25, 0.3) is 5.56 Å². The minimum absolute atomic E-state index is 0.0562. The minimum atomic E-state index is -0.572. The highest BCUT2D eigenvalue weighted by Gasteiger charge is 2.20. The van der Waals surface area contributed by atoms with E-state index in [4.69, 9.17) is 11.6 Å². The van der Waals surface area contributed by atoms with Crippen LogP contribution in [0.1, 0.15) is 12.5 Å². The number of imidazole rings is 1. The van der Waals surface area contributed by atoms with E-state index in [1.165, 1.54) is 40.1 Å². The van der Waals surface area contributed by atoms with Gasteiger partial charge < -0.3 is 5.32 Å². The van der Waals surface area contributed by atoms with E-state index < -0.39 is 17.2 Å². The highest BCUT2D eigenvalue weighted by molar-refractivity contribution is 7.14. The van der Waals surface area contributed by atoms with Crippen molar-refractivity contribution in [3.05, 3.63) is 61.3 Å². The number of carbonyl (C=O) groups is 1. The predicted molar refractivity (Wildman–Crippen MR) is 121 cm³/mol. The van der Waals surface area contributed by atoms with Crippen LogP contribution in [0.5, 0.6) is 0 Å². The Morgan fingerprint density at radius 2 is 1.84 bits per heavy atom. The van der Waals surface area contributed by atoms with Gasteiger partial charge in [-0.25, -0.2) is 9.78 Å². The number of anilines is 1. The SMILES string of the molecule is CCc1ccc(-c2csc(NC(=O)Cn3c(Cl)nc4c3c(=O)n(C)c(=O)n4C)n2)cc1. The van der Waals surface area contributed by atoms with E-state index in [2.05, 4.69) is 22.2 Å². The molecular weight excluding hydrogens is 440 g/mol. The lowest BCUT2D eigenvalue weighted by atomic mass is 10.1. The molecule has 0 aliphatic carbocycles. The maximum Gasteiger partial charge on any atom is 0.332 e. The number of hydrogen-bond acceptors (Lipinski definition) is 6. The third-order valence-corrected chi connectivity index (χ3v) is 6.06. The lowest BCUT2D eigenvalue weighted by molar-refractivity contribution is -0.116. The molecule has 9 nitrogen and oxygen atoms in total. The summed E-state index contributed by atoms with van der Waals surface area (Å²) in [5, 5.41) is 4.97. The molecule has 0 radical (unpaired) electrons. The van der Waals surface area contributed by atoms with E-state index in [1.807, 2.05) is 29.6 Å². The van der Waals surface area contributed by atoms with Crippen LogP contribution in [0.3, 0.4) is 0 Å². The maximum atomic E-state index is 12.6. The Morgan fingerprint density at radius 1 is 1.13 bits per heavy atom. The molecule has 4 rings (SSSR count). The maximum absolute atomic E-state index is 12.6. The summed E-state index contributed by atoms with van der Waals surface area (Å²) >= 11 is 7.47. The number of nitrogens with zero attached hydrogens (tertiary/aromatic N) is 5. The first-order valence-corrected chi connectivity index (χ1v) is 10.7. The van der Waals surface area contributed by atoms with Crippen molar-refractivity contribution in [3.63, 3.8) is 0 Å². The number of benzene rings is 1. The van der Waals surface area contributed by atoms with Gasteiger partial charge >= 0.3 is 5.69 Å². The Bertz CT molecular complexity index is 1410. The lowest BCUT2D eigenvalue weighted by Gasteiger charge is -2.07. The van der Waals surface area contributed by atoms with E-state index in [0.29, 0.717) is 5.13 Å². The molecule has 0 aliphatic heterocycles. The van der Waals surface area contributed by atoms with Crippen molar-refractivity contribution >= 4 is 45.1 Å². The fraction of sp³-hybridized carbons (Fsp3) is 0.250. The van der Waals surface area contributed by atoms with Crippen molar-refractivity contribution in [3.8, 4) is 11.3 Å². The number of aryl methyl sites for hydroxylation is 2. The zero-order valence-corrected chi connectivity index (χ0v) is 18.6. The van der Waals surface area contributed by atoms with E-state index in [1.54, 1.807) is 0 Å². The number of amides is 1. The van der Waals surface area contributed by atoms with Crippen molar-refractivity contribution in [2.24, 2.45) is 14.1 Å². The summed E-state index contributed by atoms with van der Waals surface area (Å²) in [6.45, 7) is 1.85. The minimum Gasteiger partial charge on any atom is -0.300 e. The monoisotopic (exact) mass is 458 g/mol. The fourth-order valence-corrected chi connectivity index (χ4v) is 4.20. The van der Waals surface area contributed by atoms with Gasteiger partial charge in [-0.15, -0.1) is 11.3 Å². The van der Waals surface area contributed by atoms with E-state index in [9.17, 15) is 14.4 Å². The van der Waals surface area contributed by atoms with Crippen LogP contribution >= 0.6 is 22.9 Å². The van der Waals surface area contributed by atoms with Gasteiger partial charge in [0.1, 0.15) is 6.54 Å². The molecule has 1 amide bonds. The van der Waals surface area contributed by atoms with Gasteiger partial charge in [0.15, 0.2) is 16.3 Å². The van der Waals surface area contributed by atoms with Crippen molar-refractivity contribution < 1.29 is 4.79 Å². The molecule has 0 bridgehead atoms. The molecule has 160 valence electrons. The summed E-state index contributed by atoms with van der Waals surface area (Å²) in [5.74, 6) is -0.417. The molecule has 0 spiro atoms. The summed E-state index contributed by atoms with van der Waals surface area (Å²) < 4.78 is 3.45. The number of carbonyl (C=O) groups excluding carboxylic acids is 1. The molecule has 3 aromatic heterocycles. The van der Waals surface area contributed by atoms with Crippen LogP contribution in [-0.4, -0.2) is 29.6 Å². The molecule has 0 saturated carbocycles. The van der Waals surface area contributed by atoms with Crippen LogP contribution in [-0.2, 0) is 31.9 Å². The van der Waals surface area contributed by atoms with Crippen molar-refractivity contribution in [1.29, 1.82) is 0 Å². The molecule has 1 N–H and O–H groups in total. The molecule has 0 unspecified atom stereocenters. The summed E-state index contributed by atoms with van der Waals surface area (Å²) in [5.41, 5.74) is 2.07. The summed E-state index contributed by atoms with van der Waals surface area (Å²) in [6, 6.07) is 8.09. The molecular formula is C20H19ClN6O3S. The summed E-state index contributed by atoms with van der Waals surface area (Å²) in [4.78, 5) is 45.8. The third kappa shape index (κ3) is 3.79. The average Bonchev–Trinajstić information content (AvgIpc) is 3.35. The molecule has 3 heterocycles. The first-order chi connectivity index (χ1) is 14.8. The first kappa shape index (κ1) is 21.0. The van der Waals surface area contributed by atoms with E-state index in [0.717, 1.165) is 22.2 Å². The Morgan fingerprint density at radius 3 is 2.52 bits per heavy atom. The van der Waals surface area contributed by atoms with Gasteiger partial charge in [0.05, 0.1) is 5.69 Å². The number of rotatable bonds is 5. The Balaban J connectivity index is 1.58. The van der Waals surface area contributed by atoms with Crippen LogP contribution in [0, 0.1) is 0 Å². The second kappa shape index (κ2) is 8.12. The van der Waals surface area contributed by atoms with Gasteiger partial charge in [-0.05, 0) is 23.6 Å². The smallest absolute Gasteiger partial charge is 0.300 e. The van der Waals surface area contributed by atoms with Gasteiger partial charge in [-0.1, -0.05) is 31.2 Å². The Kier molecular flexibility index (Phi) is 5.50.